The standard InChI is InChI=1S/C13H19BrN2O3S/c1-4-5-9(3)16-13(17)10-6-8(2)12(14)11(7-10)20(15,18)19/h6-7,9H,4-5H2,1-3H3,(H,16,17)(H2,15,18,19). The Hall–Kier alpha value is -0.920. The maximum absolute atomic E-state index is 12.1. The average molecular weight is 363 g/mol. The van der Waals surface area contributed by atoms with Gasteiger partial charge in [0.05, 0.1) is 4.90 Å². The molecule has 5 nitrogen and oxygen atoms in total. The van der Waals surface area contributed by atoms with Crippen LogP contribution in [0.1, 0.15) is 42.6 Å². The summed E-state index contributed by atoms with van der Waals surface area (Å²) in [7, 11) is -3.88. The number of aryl methyl sites for hydroxylation is 1. The molecule has 20 heavy (non-hydrogen) atoms. The number of sulfonamides is 1. The second kappa shape index (κ2) is 6.69. The van der Waals surface area contributed by atoms with Gasteiger partial charge in [-0.2, -0.15) is 0 Å². The van der Waals surface area contributed by atoms with Crippen molar-refractivity contribution < 1.29 is 13.2 Å². The SMILES string of the molecule is CCCC(C)NC(=O)c1cc(C)c(Br)c(S(N)(=O)=O)c1. The number of benzene rings is 1. The van der Waals surface area contributed by atoms with Crippen LogP contribution in [0.5, 0.6) is 0 Å². The van der Waals surface area contributed by atoms with Crippen molar-refractivity contribution in [3.63, 3.8) is 0 Å². The molecule has 112 valence electrons. The molecule has 0 aliphatic heterocycles. The zero-order chi connectivity index (χ0) is 15.5. The molecule has 0 aliphatic carbocycles. The Morgan fingerprint density at radius 3 is 2.55 bits per heavy atom. The number of nitrogens with one attached hydrogen (secondary N) is 1. The Morgan fingerprint density at radius 2 is 2.05 bits per heavy atom. The van der Waals surface area contributed by atoms with Gasteiger partial charge >= 0.3 is 0 Å². The Morgan fingerprint density at radius 1 is 1.45 bits per heavy atom. The number of primary sulfonamides is 1. The first-order valence-corrected chi connectivity index (χ1v) is 8.64. The highest BCUT2D eigenvalue weighted by molar-refractivity contribution is 9.10. The molecule has 1 aromatic rings. The molecule has 0 radical (unpaired) electrons. The molecule has 1 unspecified atom stereocenters. The van der Waals surface area contributed by atoms with Gasteiger partial charge in [-0.05, 0) is 53.9 Å². The van der Waals surface area contributed by atoms with E-state index in [0.29, 0.717) is 10.0 Å². The molecule has 0 fully saturated rings. The molecule has 0 spiro atoms. The van der Waals surface area contributed by atoms with Gasteiger partial charge in [0, 0.05) is 16.1 Å². The van der Waals surface area contributed by atoms with Crippen molar-refractivity contribution in [3.05, 3.63) is 27.7 Å². The smallest absolute Gasteiger partial charge is 0.251 e. The molecular weight excluding hydrogens is 344 g/mol. The number of hydrogen-bond acceptors (Lipinski definition) is 3. The van der Waals surface area contributed by atoms with Crippen molar-refractivity contribution in [3.8, 4) is 0 Å². The van der Waals surface area contributed by atoms with Gasteiger partial charge in [0.15, 0.2) is 0 Å². The van der Waals surface area contributed by atoms with Crippen molar-refractivity contribution in [1.29, 1.82) is 0 Å². The van der Waals surface area contributed by atoms with Gasteiger partial charge in [-0.25, -0.2) is 13.6 Å². The van der Waals surface area contributed by atoms with Crippen LogP contribution in [-0.2, 0) is 10.0 Å². The molecule has 1 amide bonds. The van der Waals surface area contributed by atoms with Crippen molar-refractivity contribution in [2.75, 3.05) is 0 Å². The minimum absolute atomic E-state index is 0.0365. The number of nitrogens with two attached hydrogens (primary N) is 1. The van der Waals surface area contributed by atoms with Gasteiger partial charge in [0.1, 0.15) is 0 Å². The lowest BCUT2D eigenvalue weighted by Crippen LogP contribution is -2.32. The van der Waals surface area contributed by atoms with Gasteiger partial charge in [0.25, 0.3) is 5.91 Å². The van der Waals surface area contributed by atoms with Crippen LogP contribution in [0, 0.1) is 6.92 Å². The Balaban J connectivity index is 3.15. The molecule has 0 saturated heterocycles. The van der Waals surface area contributed by atoms with Crippen molar-refractivity contribution in [2.45, 2.75) is 44.6 Å². The highest BCUT2D eigenvalue weighted by atomic mass is 79.9. The second-order valence-corrected chi connectivity index (χ2v) is 7.14. The number of carbonyl (C=O) groups excluding carboxylic acids is 1. The van der Waals surface area contributed by atoms with E-state index in [-0.39, 0.29) is 22.4 Å². The summed E-state index contributed by atoms with van der Waals surface area (Å²) < 4.78 is 23.4. The number of amides is 1. The fourth-order valence-corrected chi connectivity index (χ4v) is 3.50. The molecule has 1 aromatic carbocycles. The third-order valence-electron chi connectivity index (χ3n) is 2.89. The summed E-state index contributed by atoms with van der Waals surface area (Å²) in [6, 6.07) is 2.96. The summed E-state index contributed by atoms with van der Waals surface area (Å²) in [5.41, 5.74) is 0.933. The van der Waals surface area contributed by atoms with E-state index < -0.39 is 10.0 Å². The van der Waals surface area contributed by atoms with Gasteiger partial charge in [-0.1, -0.05) is 13.3 Å². The number of rotatable bonds is 5. The molecule has 0 saturated carbocycles. The Bertz CT molecular complexity index is 614. The predicted molar refractivity (Wildman–Crippen MR) is 82.1 cm³/mol. The summed E-state index contributed by atoms with van der Waals surface area (Å²) in [5.74, 6) is -0.300. The Kier molecular flexibility index (Phi) is 5.73. The number of halogens is 1. The molecule has 0 aliphatic rings. The van der Waals surface area contributed by atoms with Gasteiger partial charge in [0.2, 0.25) is 10.0 Å². The van der Waals surface area contributed by atoms with Crippen molar-refractivity contribution in [2.24, 2.45) is 5.14 Å². The molecule has 0 heterocycles. The van der Waals surface area contributed by atoms with Crippen LogP contribution in [0.2, 0.25) is 0 Å². The summed E-state index contributed by atoms with van der Waals surface area (Å²) in [6.45, 7) is 5.66. The number of carbonyl (C=O) groups is 1. The molecule has 1 atom stereocenters. The lowest BCUT2D eigenvalue weighted by atomic mass is 10.1. The highest BCUT2D eigenvalue weighted by Crippen LogP contribution is 2.26. The minimum Gasteiger partial charge on any atom is -0.350 e. The van der Waals surface area contributed by atoms with E-state index >= 15 is 0 Å². The quantitative estimate of drug-likeness (QED) is 0.841. The fourth-order valence-electron chi connectivity index (χ4n) is 1.89. The van der Waals surface area contributed by atoms with E-state index in [9.17, 15) is 13.2 Å². The average Bonchev–Trinajstić information content (AvgIpc) is 2.30. The summed E-state index contributed by atoms with van der Waals surface area (Å²) in [4.78, 5) is 12.0. The van der Waals surface area contributed by atoms with E-state index in [0.717, 1.165) is 12.8 Å². The van der Waals surface area contributed by atoms with Gasteiger partial charge < -0.3 is 5.32 Å². The third-order valence-corrected chi connectivity index (χ3v) is 5.14. The highest BCUT2D eigenvalue weighted by Gasteiger charge is 2.19. The lowest BCUT2D eigenvalue weighted by molar-refractivity contribution is 0.0938. The zero-order valence-corrected chi connectivity index (χ0v) is 14.1. The van der Waals surface area contributed by atoms with E-state index in [4.69, 9.17) is 5.14 Å². The first-order chi connectivity index (χ1) is 9.16. The second-order valence-electron chi connectivity index (χ2n) is 4.81. The van der Waals surface area contributed by atoms with E-state index in [1.165, 1.54) is 6.07 Å². The van der Waals surface area contributed by atoms with Crippen LogP contribution < -0.4 is 10.5 Å². The monoisotopic (exact) mass is 362 g/mol. The van der Waals surface area contributed by atoms with Crippen molar-refractivity contribution in [1.82, 2.24) is 5.32 Å². The first-order valence-electron chi connectivity index (χ1n) is 6.30. The zero-order valence-electron chi connectivity index (χ0n) is 11.7. The first kappa shape index (κ1) is 17.1. The molecule has 3 N–H and O–H groups in total. The maximum Gasteiger partial charge on any atom is 0.251 e. The maximum atomic E-state index is 12.1. The van der Waals surface area contributed by atoms with Crippen LogP contribution in [0.3, 0.4) is 0 Å². The summed E-state index contributed by atoms with van der Waals surface area (Å²) >= 11 is 3.18. The molecule has 0 bridgehead atoms. The van der Waals surface area contributed by atoms with Gasteiger partial charge in [-0.3, -0.25) is 4.79 Å². The van der Waals surface area contributed by atoms with E-state index in [1.54, 1.807) is 13.0 Å². The van der Waals surface area contributed by atoms with Crippen LogP contribution >= 0.6 is 15.9 Å². The summed E-state index contributed by atoms with van der Waals surface area (Å²) in [5, 5.41) is 7.99. The van der Waals surface area contributed by atoms with Crippen LogP contribution in [0.4, 0.5) is 0 Å². The minimum atomic E-state index is -3.88. The normalized spacial score (nSPS) is 13.1. The fraction of sp³-hybridized carbons (Fsp3) is 0.462. The molecular formula is C13H19BrN2O3S. The lowest BCUT2D eigenvalue weighted by Gasteiger charge is -2.14. The van der Waals surface area contributed by atoms with E-state index in [2.05, 4.69) is 21.2 Å². The van der Waals surface area contributed by atoms with Crippen LogP contribution in [-0.4, -0.2) is 20.4 Å². The van der Waals surface area contributed by atoms with Crippen LogP contribution in [0.25, 0.3) is 0 Å². The Labute approximate surface area is 128 Å². The molecule has 1 rings (SSSR count). The van der Waals surface area contributed by atoms with Crippen molar-refractivity contribution >= 4 is 31.9 Å². The summed E-state index contributed by atoms with van der Waals surface area (Å²) in [6.07, 6.45) is 1.83. The molecule has 0 aromatic heterocycles. The largest absolute Gasteiger partial charge is 0.350 e. The van der Waals surface area contributed by atoms with Gasteiger partial charge in [-0.15, -0.1) is 0 Å². The predicted octanol–water partition coefficient (Wildman–Crippen LogP) is 2.32. The number of hydrogen-bond donors (Lipinski definition) is 2. The molecule has 7 heteroatoms. The van der Waals surface area contributed by atoms with E-state index in [1.807, 2.05) is 13.8 Å². The third kappa shape index (κ3) is 4.29. The topological polar surface area (TPSA) is 89.3 Å². The van der Waals surface area contributed by atoms with Crippen LogP contribution in [0.15, 0.2) is 21.5 Å².